The smallest absolute Gasteiger partial charge is 0.419 e. The Labute approximate surface area is 150 Å². The number of hydrogen-bond donors (Lipinski definition) is 1. The fraction of sp³-hybridized carbons (Fsp3) is 0.300. The summed E-state index contributed by atoms with van der Waals surface area (Å²) >= 11 is 0. The predicted octanol–water partition coefficient (Wildman–Crippen LogP) is 3.01. The van der Waals surface area contributed by atoms with Crippen molar-refractivity contribution in [1.29, 1.82) is 0 Å². The van der Waals surface area contributed by atoms with Gasteiger partial charge in [-0.2, -0.15) is 0 Å². The number of nitrogens with one attached hydrogen (secondary N) is 1. The Bertz CT molecular complexity index is 989. The Morgan fingerprint density at radius 3 is 2.88 bits per heavy atom. The van der Waals surface area contributed by atoms with E-state index in [-0.39, 0.29) is 17.7 Å². The highest BCUT2D eigenvalue weighted by Crippen LogP contribution is 2.31. The lowest BCUT2D eigenvalue weighted by Crippen LogP contribution is -2.32. The molecule has 6 heteroatoms. The molecule has 0 unspecified atom stereocenters. The lowest BCUT2D eigenvalue weighted by atomic mass is 10.0. The van der Waals surface area contributed by atoms with E-state index in [2.05, 4.69) is 5.32 Å². The van der Waals surface area contributed by atoms with Crippen LogP contribution in [0.4, 0.5) is 0 Å². The van der Waals surface area contributed by atoms with Gasteiger partial charge in [-0.3, -0.25) is 9.36 Å². The summed E-state index contributed by atoms with van der Waals surface area (Å²) in [6.45, 7) is 1.05. The van der Waals surface area contributed by atoms with Crippen LogP contribution in [0.1, 0.15) is 30.9 Å². The highest BCUT2D eigenvalue weighted by Gasteiger charge is 2.22. The lowest BCUT2D eigenvalue weighted by molar-refractivity contribution is -0.122. The van der Waals surface area contributed by atoms with Gasteiger partial charge in [-0.05, 0) is 24.6 Å². The van der Waals surface area contributed by atoms with Crippen LogP contribution >= 0.6 is 0 Å². The Morgan fingerprint density at radius 2 is 1.96 bits per heavy atom. The summed E-state index contributed by atoms with van der Waals surface area (Å²) in [5.41, 5.74) is 2.35. The molecule has 2 heterocycles. The van der Waals surface area contributed by atoms with Gasteiger partial charge in [-0.25, -0.2) is 4.79 Å². The van der Waals surface area contributed by atoms with Crippen LogP contribution in [0, 0.1) is 0 Å². The molecule has 0 saturated carbocycles. The number of amides is 1. The van der Waals surface area contributed by atoms with Crippen LogP contribution in [-0.4, -0.2) is 17.1 Å². The van der Waals surface area contributed by atoms with Crippen LogP contribution < -0.4 is 15.8 Å². The fourth-order valence-corrected chi connectivity index (χ4v) is 3.38. The van der Waals surface area contributed by atoms with E-state index in [0.717, 1.165) is 23.3 Å². The van der Waals surface area contributed by atoms with Crippen molar-refractivity contribution in [3.63, 3.8) is 0 Å². The van der Waals surface area contributed by atoms with Crippen molar-refractivity contribution in [3.05, 3.63) is 64.6 Å². The first-order valence-electron chi connectivity index (χ1n) is 8.82. The number of benzene rings is 2. The average molecular weight is 352 g/mol. The van der Waals surface area contributed by atoms with Gasteiger partial charge in [-0.1, -0.05) is 30.3 Å². The maximum absolute atomic E-state index is 12.3. The van der Waals surface area contributed by atoms with Crippen LogP contribution in [-0.2, 0) is 11.3 Å². The summed E-state index contributed by atoms with van der Waals surface area (Å²) in [6, 6.07) is 15.1. The molecule has 1 aromatic heterocycles. The summed E-state index contributed by atoms with van der Waals surface area (Å²) in [6.07, 6.45) is 1.68. The molecule has 2 aromatic carbocycles. The Hall–Kier alpha value is -3.02. The van der Waals surface area contributed by atoms with E-state index in [1.165, 1.54) is 0 Å². The van der Waals surface area contributed by atoms with Crippen molar-refractivity contribution in [2.24, 2.45) is 0 Å². The normalized spacial score (nSPS) is 16.1. The molecule has 4 rings (SSSR count). The topological polar surface area (TPSA) is 73.5 Å². The summed E-state index contributed by atoms with van der Waals surface area (Å²) in [5.74, 6) is 0.429. The quantitative estimate of drug-likeness (QED) is 0.766. The third-order valence-corrected chi connectivity index (χ3v) is 4.65. The number of fused-ring (bicyclic) bond motifs is 2. The van der Waals surface area contributed by atoms with E-state index in [9.17, 15) is 9.59 Å². The predicted molar refractivity (Wildman–Crippen MR) is 97.1 cm³/mol. The summed E-state index contributed by atoms with van der Waals surface area (Å²) in [4.78, 5) is 24.3. The molecule has 0 saturated heterocycles. The largest absolute Gasteiger partial charge is 0.493 e. The van der Waals surface area contributed by atoms with Gasteiger partial charge in [0.05, 0.1) is 18.2 Å². The maximum atomic E-state index is 12.3. The number of carbonyl (C=O) groups is 1. The molecule has 1 aliphatic heterocycles. The van der Waals surface area contributed by atoms with Crippen molar-refractivity contribution in [2.75, 3.05) is 6.61 Å². The first-order chi connectivity index (χ1) is 12.7. The van der Waals surface area contributed by atoms with E-state index in [0.29, 0.717) is 31.6 Å². The van der Waals surface area contributed by atoms with Gasteiger partial charge < -0.3 is 14.5 Å². The Kier molecular flexibility index (Phi) is 4.48. The molecular formula is C20H20N2O4. The minimum absolute atomic E-state index is 0.0208. The second-order valence-corrected chi connectivity index (χ2v) is 6.39. The van der Waals surface area contributed by atoms with Crippen molar-refractivity contribution in [2.45, 2.75) is 31.8 Å². The minimum Gasteiger partial charge on any atom is -0.493 e. The Morgan fingerprint density at radius 1 is 1.15 bits per heavy atom. The lowest BCUT2D eigenvalue weighted by Gasteiger charge is -2.26. The molecule has 0 radical (unpaired) electrons. The third-order valence-electron chi connectivity index (χ3n) is 4.65. The first-order valence-corrected chi connectivity index (χ1v) is 8.82. The highest BCUT2D eigenvalue weighted by molar-refractivity contribution is 5.76. The molecule has 6 nitrogen and oxygen atoms in total. The fourth-order valence-electron chi connectivity index (χ4n) is 3.38. The summed E-state index contributed by atoms with van der Waals surface area (Å²) < 4.78 is 12.4. The van der Waals surface area contributed by atoms with Crippen LogP contribution in [0.3, 0.4) is 0 Å². The maximum Gasteiger partial charge on any atom is 0.419 e. The van der Waals surface area contributed by atoms with Crippen molar-refractivity contribution in [1.82, 2.24) is 9.88 Å². The summed E-state index contributed by atoms with van der Waals surface area (Å²) in [5, 5.41) is 3.08. The van der Waals surface area contributed by atoms with Crippen molar-refractivity contribution in [3.8, 4) is 5.75 Å². The summed E-state index contributed by atoms with van der Waals surface area (Å²) in [7, 11) is 0. The van der Waals surface area contributed by atoms with Crippen molar-refractivity contribution < 1.29 is 13.9 Å². The van der Waals surface area contributed by atoms with Crippen LogP contribution in [0.2, 0.25) is 0 Å². The zero-order valence-corrected chi connectivity index (χ0v) is 14.3. The average Bonchev–Trinajstić information content (AvgIpc) is 2.98. The van der Waals surface area contributed by atoms with Crippen LogP contribution in [0.15, 0.2) is 57.7 Å². The van der Waals surface area contributed by atoms with Crippen LogP contribution in [0.5, 0.6) is 5.75 Å². The number of ether oxygens (including phenoxy) is 1. The van der Waals surface area contributed by atoms with Gasteiger partial charge in [-0.15, -0.1) is 0 Å². The number of rotatable bonds is 5. The number of nitrogens with zero attached hydrogens (tertiary/aromatic N) is 1. The Balaban J connectivity index is 1.36. The van der Waals surface area contributed by atoms with Gasteiger partial charge in [0.25, 0.3) is 0 Å². The molecule has 1 N–H and O–H groups in total. The standard InChI is InChI=1S/C20H20N2O4/c23-19(21-15-11-13-25-17-8-3-1-6-14(15)17)10-5-12-22-16-7-2-4-9-18(16)26-20(22)24/h1-4,6-9,15H,5,10-13H2,(H,21,23)/t15-/m0/s1. The molecule has 1 atom stereocenters. The first kappa shape index (κ1) is 16.4. The number of aryl methyl sites for hydroxylation is 1. The highest BCUT2D eigenvalue weighted by atomic mass is 16.5. The molecule has 0 spiro atoms. The number of para-hydroxylation sites is 3. The molecule has 0 fully saturated rings. The zero-order valence-electron chi connectivity index (χ0n) is 14.3. The third kappa shape index (κ3) is 3.22. The van der Waals surface area contributed by atoms with E-state index >= 15 is 0 Å². The van der Waals surface area contributed by atoms with E-state index < -0.39 is 0 Å². The number of aromatic nitrogens is 1. The van der Waals surface area contributed by atoms with Gasteiger partial charge >= 0.3 is 5.76 Å². The second kappa shape index (κ2) is 7.07. The van der Waals surface area contributed by atoms with Crippen molar-refractivity contribution >= 4 is 17.0 Å². The SMILES string of the molecule is O=C(CCCn1c(=O)oc2ccccc21)N[C@H]1CCOc2ccccc21. The van der Waals surface area contributed by atoms with Gasteiger partial charge in [0, 0.05) is 24.9 Å². The van der Waals surface area contributed by atoms with E-state index in [1.807, 2.05) is 42.5 Å². The molecule has 134 valence electrons. The van der Waals surface area contributed by atoms with Gasteiger partial charge in [0.15, 0.2) is 5.58 Å². The van der Waals surface area contributed by atoms with E-state index in [1.54, 1.807) is 10.6 Å². The van der Waals surface area contributed by atoms with Gasteiger partial charge in [0.2, 0.25) is 5.91 Å². The molecule has 3 aromatic rings. The molecular weight excluding hydrogens is 332 g/mol. The number of oxazole rings is 1. The molecule has 0 aliphatic carbocycles. The van der Waals surface area contributed by atoms with E-state index in [4.69, 9.17) is 9.15 Å². The molecule has 1 amide bonds. The number of carbonyl (C=O) groups excluding carboxylic acids is 1. The molecule has 1 aliphatic rings. The monoisotopic (exact) mass is 352 g/mol. The molecule has 0 bridgehead atoms. The number of hydrogen-bond acceptors (Lipinski definition) is 4. The van der Waals surface area contributed by atoms with Crippen LogP contribution in [0.25, 0.3) is 11.1 Å². The second-order valence-electron chi connectivity index (χ2n) is 6.39. The minimum atomic E-state index is -0.384. The zero-order chi connectivity index (χ0) is 17.9. The van der Waals surface area contributed by atoms with Gasteiger partial charge in [0.1, 0.15) is 5.75 Å². The molecule has 26 heavy (non-hydrogen) atoms.